The van der Waals surface area contributed by atoms with Gasteiger partial charge in [-0.2, -0.15) is 0 Å². The van der Waals surface area contributed by atoms with E-state index in [9.17, 15) is 0 Å². The highest BCUT2D eigenvalue weighted by Gasteiger charge is 2.04. The van der Waals surface area contributed by atoms with Crippen molar-refractivity contribution in [3.05, 3.63) is 48.7 Å². The molecule has 2 aromatic heterocycles. The molecular formula is C12H10N2O2. The van der Waals surface area contributed by atoms with E-state index < -0.39 is 0 Å². The molecule has 0 fully saturated rings. The number of hydrogen-bond donors (Lipinski definition) is 1. The molecule has 1 N–H and O–H groups in total. The lowest BCUT2D eigenvalue weighted by Gasteiger charge is -2.04. The van der Waals surface area contributed by atoms with Crippen molar-refractivity contribution >= 4 is 11.0 Å². The molecule has 0 aliphatic carbocycles. The number of hydrogen-bond acceptors (Lipinski definition) is 3. The third-order valence-corrected chi connectivity index (χ3v) is 2.36. The number of aromatic amines is 1. The molecule has 0 saturated heterocycles. The summed E-state index contributed by atoms with van der Waals surface area (Å²) < 4.78 is 10.8. The van der Waals surface area contributed by atoms with E-state index in [1.165, 1.54) is 0 Å². The summed E-state index contributed by atoms with van der Waals surface area (Å²) in [6.07, 6.45) is 3.29. The van der Waals surface area contributed by atoms with Gasteiger partial charge in [0.15, 0.2) is 0 Å². The summed E-state index contributed by atoms with van der Waals surface area (Å²) in [5, 5.41) is 0. The standard InChI is InChI=1S/C12H10N2O2/c1-4-10-12(14-8-13-10)11(5-1)16-7-9-3-2-6-15-9/h1-6,8H,7H2,(H,13,14). The van der Waals surface area contributed by atoms with Gasteiger partial charge in [0.2, 0.25) is 0 Å². The van der Waals surface area contributed by atoms with E-state index in [1.54, 1.807) is 12.6 Å². The van der Waals surface area contributed by atoms with E-state index in [0.717, 1.165) is 22.5 Å². The van der Waals surface area contributed by atoms with Crippen LogP contribution in [0, 0.1) is 0 Å². The number of furan rings is 1. The van der Waals surface area contributed by atoms with Crippen LogP contribution in [-0.2, 0) is 6.61 Å². The Morgan fingerprint density at radius 3 is 3.12 bits per heavy atom. The van der Waals surface area contributed by atoms with Gasteiger partial charge >= 0.3 is 0 Å². The molecule has 1 aromatic carbocycles. The monoisotopic (exact) mass is 214 g/mol. The van der Waals surface area contributed by atoms with E-state index >= 15 is 0 Å². The molecule has 0 aliphatic rings. The molecule has 3 rings (SSSR count). The zero-order chi connectivity index (χ0) is 10.8. The van der Waals surface area contributed by atoms with E-state index in [4.69, 9.17) is 9.15 Å². The summed E-state index contributed by atoms with van der Waals surface area (Å²) in [5.41, 5.74) is 1.81. The fourth-order valence-electron chi connectivity index (χ4n) is 1.60. The van der Waals surface area contributed by atoms with Crippen molar-refractivity contribution in [2.45, 2.75) is 6.61 Å². The van der Waals surface area contributed by atoms with E-state index in [-0.39, 0.29) is 0 Å². The number of para-hydroxylation sites is 1. The Balaban J connectivity index is 1.86. The topological polar surface area (TPSA) is 51.0 Å². The number of H-pyrrole nitrogens is 1. The van der Waals surface area contributed by atoms with Crippen LogP contribution in [0.5, 0.6) is 5.75 Å². The number of ether oxygens (including phenoxy) is 1. The van der Waals surface area contributed by atoms with Gasteiger partial charge in [0, 0.05) is 0 Å². The molecule has 16 heavy (non-hydrogen) atoms. The van der Waals surface area contributed by atoms with Crippen molar-refractivity contribution in [3.8, 4) is 5.75 Å². The SMILES string of the molecule is c1coc(COc2cccc3[nH]cnc23)c1. The van der Waals surface area contributed by atoms with Crippen LogP contribution in [0.4, 0.5) is 0 Å². The summed E-state index contributed by atoms with van der Waals surface area (Å²) in [4.78, 5) is 7.25. The largest absolute Gasteiger partial charge is 0.483 e. The zero-order valence-corrected chi connectivity index (χ0v) is 8.51. The van der Waals surface area contributed by atoms with Crippen molar-refractivity contribution in [1.29, 1.82) is 0 Å². The number of nitrogens with zero attached hydrogens (tertiary/aromatic N) is 1. The molecule has 3 aromatic rings. The van der Waals surface area contributed by atoms with Gasteiger partial charge in [-0.25, -0.2) is 4.98 Å². The number of benzene rings is 1. The van der Waals surface area contributed by atoms with Crippen LogP contribution in [0.3, 0.4) is 0 Å². The summed E-state index contributed by atoms with van der Waals surface area (Å²) in [5.74, 6) is 1.56. The number of fused-ring (bicyclic) bond motifs is 1. The molecule has 4 nitrogen and oxygen atoms in total. The highest BCUT2D eigenvalue weighted by molar-refractivity contribution is 5.80. The normalized spacial score (nSPS) is 10.8. The predicted molar refractivity (Wildman–Crippen MR) is 59.1 cm³/mol. The molecule has 0 amide bonds. The maximum atomic E-state index is 5.65. The van der Waals surface area contributed by atoms with Gasteiger partial charge < -0.3 is 14.1 Å². The van der Waals surface area contributed by atoms with Gasteiger partial charge in [-0.15, -0.1) is 0 Å². The molecule has 0 unspecified atom stereocenters. The van der Waals surface area contributed by atoms with Gasteiger partial charge in [-0.3, -0.25) is 0 Å². The van der Waals surface area contributed by atoms with Crippen molar-refractivity contribution in [2.75, 3.05) is 0 Å². The summed E-state index contributed by atoms with van der Waals surface area (Å²) >= 11 is 0. The molecule has 4 heteroatoms. The lowest BCUT2D eigenvalue weighted by atomic mass is 10.3. The molecule has 0 saturated carbocycles. The van der Waals surface area contributed by atoms with Gasteiger partial charge in [-0.1, -0.05) is 6.07 Å². The van der Waals surface area contributed by atoms with Crippen LogP contribution in [0.1, 0.15) is 5.76 Å². The van der Waals surface area contributed by atoms with Crippen LogP contribution in [0.2, 0.25) is 0 Å². The van der Waals surface area contributed by atoms with Crippen molar-refractivity contribution in [3.63, 3.8) is 0 Å². The second-order valence-electron chi connectivity index (χ2n) is 3.42. The Labute approximate surface area is 91.9 Å². The van der Waals surface area contributed by atoms with Crippen LogP contribution in [0.25, 0.3) is 11.0 Å². The molecule has 2 heterocycles. The maximum absolute atomic E-state index is 5.65. The number of imidazole rings is 1. The maximum Gasteiger partial charge on any atom is 0.147 e. The Morgan fingerprint density at radius 1 is 1.25 bits per heavy atom. The lowest BCUT2D eigenvalue weighted by molar-refractivity contribution is 0.273. The molecule has 0 bridgehead atoms. The van der Waals surface area contributed by atoms with E-state index in [0.29, 0.717) is 6.61 Å². The molecule has 0 radical (unpaired) electrons. The molecular weight excluding hydrogens is 204 g/mol. The fraction of sp³-hybridized carbons (Fsp3) is 0.0833. The summed E-state index contributed by atoms with van der Waals surface area (Å²) in [6, 6.07) is 9.50. The van der Waals surface area contributed by atoms with Crippen LogP contribution in [0.15, 0.2) is 47.3 Å². The second-order valence-corrected chi connectivity index (χ2v) is 3.42. The quantitative estimate of drug-likeness (QED) is 0.729. The number of rotatable bonds is 3. The van der Waals surface area contributed by atoms with Gasteiger partial charge in [0.25, 0.3) is 0 Å². The molecule has 0 atom stereocenters. The van der Waals surface area contributed by atoms with Crippen molar-refractivity contribution in [1.82, 2.24) is 9.97 Å². The predicted octanol–water partition coefficient (Wildman–Crippen LogP) is 2.73. The van der Waals surface area contributed by atoms with Gasteiger partial charge in [-0.05, 0) is 24.3 Å². The third kappa shape index (κ3) is 1.54. The van der Waals surface area contributed by atoms with E-state index in [2.05, 4.69) is 9.97 Å². The van der Waals surface area contributed by atoms with Crippen molar-refractivity contribution in [2.24, 2.45) is 0 Å². The highest BCUT2D eigenvalue weighted by Crippen LogP contribution is 2.22. The van der Waals surface area contributed by atoms with Gasteiger partial charge in [0.1, 0.15) is 23.6 Å². The van der Waals surface area contributed by atoms with Crippen molar-refractivity contribution < 1.29 is 9.15 Å². The first-order valence-electron chi connectivity index (χ1n) is 5.01. The average Bonchev–Trinajstić information content (AvgIpc) is 2.97. The van der Waals surface area contributed by atoms with Crippen LogP contribution < -0.4 is 4.74 Å². The Kier molecular flexibility index (Phi) is 2.11. The van der Waals surface area contributed by atoms with Gasteiger partial charge in [0.05, 0.1) is 18.1 Å². The Bertz CT molecular complexity index is 584. The third-order valence-electron chi connectivity index (χ3n) is 2.36. The molecule has 0 spiro atoms. The number of nitrogens with one attached hydrogen (secondary N) is 1. The molecule has 80 valence electrons. The molecule has 0 aliphatic heterocycles. The number of aromatic nitrogens is 2. The highest BCUT2D eigenvalue weighted by atomic mass is 16.5. The first-order valence-corrected chi connectivity index (χ1v) is 5.01. The minimum atomic E-state index is 0.416. The summed E-state index contributed by atoms with van der Waals surface area (Å²) in [7, 11) is 0. The minimum Gasteiger partial charge on any atom is -0.483 e. The lowest BCUT2D eigenvalue weighted by Crippen LogP contribution is -1.94. The van der Waals surface area contributed by atoms with Crippen LogP contribution >= 0.6 is 0 Å². The Hall–Kier alpha value is -2.23. The Morgan fingerprint density at radius 2 is 2.25 bits per heavy atom. The van der Waals surface area contributed by atoms with E-state index in [1.807, 2.05) is 30.3 Å². The summed E-state index contributed by atoms with van der Waals surface area (Å²) in [6.45, 7) is 0.416. The second kappa shape index (κ2) is 3.73. The first-order chi connectivity index (χ1) is 7.93. The first kappa shape index (κ1) is 9.03. The fourth-order valence-corrected chi connectivity index (χ4v) is 1.60. The zero-order valence-electron chi connectivity index (χ0n) is 8.51. The minimum absolute atomic E-state index is 0.416. The average molecular weight is 214 g/mol. The van der Waals surface area contributed by atoms with Crippen LogP contribution in [-0.4, -0.2) is 9.97 Å². The smallest absolute Gasteiger partial charge is 0.147 e.